The summed E-state index contributed by atoms with van der Waals surface area (Å²) >= 11 is 0. The number of sulfonamides is 1. The molecule has 0 saturated heterocycles. The second-order valence-corrected chi connectivity index (χ2v) is 6.67. The lowest BCUT2D eigenvalue weighted by molar-refractivity contribution is -0.141. The number of rotatable bonds is 8. The van der Waals surface area contributed by atoms with Crippen molar-refractivity contribution < 1.29 is 27.1 Å². The third kappa shape index (κ3) is 4.02. The predicted molar refractivity (Wildman–Crippen MR) is 84.2 cm³/mol. The molecule has 0 saturated carbocycles. The van der Waals surface area contributed by atoms with E-state index < -0.39 is 21.7 Å². The van der Waals surface area contributed by atoms with E-state index in [-0.39, 0.29) is 23.6 Å². The molecule has 0 unspecified atom stereocenters. The lowest BCUT2D eigenvalue weighted by Crippen LogP contribution is -2.25. The topological polar surface area (TPSA) is 117 Å². The predicted octanol–water partition coefficient (Wildman–Crippen LogP) is 0.0823. The van der Waals surface area contributed by atoms with E-state index in [1.807, 2.05) is 0 Å². The van der Waals surface area contributed by atoms with E-state index >= 15 is 0 Å². The van der Waals surface area contributed by atoms with Crippen LogP contribution < -0.4 is 10.5 Å². The summed E-state index contributed by atoms with van der Waals surface area (Å²) in [5.41, 5.74) is 0.382. The molecular formula is C14H18N2O7S. The molecule has 132 valence electrons. The highest BCUT2D eigenvalue weighted by Gasteiger charge is 2.18. The summed E-state index contributed by atoms with van der Waals surface area (Å²) in [5, 5.41) is 0. The SMILES string of the molecule is COCCCNS(=O)(=O)c1ccc2c(c1)oc(=O)n2CC(=O)OC. The Balaban J connectivity index is 2.29. The van der Waals surface area contributed by atoms with Crippen LogP contribution in [0.2, 0.25) is 0 Å². The maximum Gasteiger partial charge on any atom is 0.420 e. The Labute approximate surface area is 138 Å². The van der Waals surface area contributed by atoms with Crippen LogP contribution in [-0.2, 0) is 30.8 Å². The summed E-state index contributed by atoms with van der Waals surface area (Å²) in [5.74, 6) is -1.38. The number of hydrogen-bond donors (Lipinski definition) is 1. The normalized spacial score (nSPS) is 11.8. The molecule has 10 heteroatoms. The molecule has 1 heterocycles. The van der Waals surface area contributed by atoms with Crippen LogP contribution in [0.25, 0.3) is 11.1 Å². The highest BCUT2D eigenvalue weighted by Crippen LogP contribution is 2.18. The number of carbonyl (C=O) groups is 1. The summed E-state index contributed by atoms with van der Waals surface area (Å²) < 4.78 is 42.3. The number of ether oxygens (including phenoxy) is 2. The van der Waals surface area contributed by atoms with Gasteiger partial charge in [-0.3, -0.25) is 9.36 Å². The van der Waals surface area contributed by atoms with Crippen LogP contribution in [-0.4, -0.2) is 46.3 Å². The van der Waals surface area contributed by atoms with Crippen molar-refractivity contribution in [1.29, 1.82) is 0 Å². The number of oxazole rings is 1. The molecule has 0 aliphatic carbocycles. The molecular weight excluding hydrogens is 340 g/mol. The van der Waals surface area contributed by atoms with Crippen LogP contribution in [0, 0.1) is 0 Å². The van der Waals surface area contributed by atoms with E-state index in [2.05, 4.69) is 9.46 Å². The Morgan fingerprint density at radius 1 is 1.33 bits per heavy atom. The molecule has 0 fully saturated rings. The van der Waals surface area contributed by atoms with E-state index in [1.165, 1.54) is 32.4 Å². The number of nitrogens with one attached hydrogen (secondary N) is 1. The Hall–Kier alpha value is -2.17. The Bertz CT molecular complexity index is 882. The number of carbonyl (C=O) groups excluding carboxylic acids is 1. The first-order valence-electron chi connectivity index (χ1n) is 7.08. The standard InChI is InChI=1S/C14H18N2O7S/c1-21-7-3-6-15-24(19,20)10-4-5-11-12(8-10)23-14(18)16(11)9-13(17)22-2/h4-5,8,15H,3,6-7,9H2,1-2H3. The number of aromatic nitrogens is 1. The van der Waals surface area contributed by atoms with Crippen LogP contribution in [0.15, 0.2) is 32.3 Å². The molecule has 0 aliphatic heterocycles. The first-order valence-corrected chi connectivity index (χ1v) is 8.56. The minimum atomic E-state index is -3.73. The summed E-state index contributed by atoms with van der Waals surface area (Å²) in [4.78, 5) is 23.1. The average Bonchev–Trinajstić information content (AvgIpc) is 2.86. The van der Waals surface area contributed by atoms with Gasteiger partial charge in [-0.2, -0.15) is 0 Å². The molecule has 1 N–H and O–H groups in total. The van der Waals surface area contributed by atoms with E-state index in [0.29, 0.717) is 18.5 Å². The fourth-order valence-electron chi connectivity index (χ4n) is 2.06. The van der Waals surface area contributed by atoms with Gasteiger partial charge in [-0.05, 0) is 18.6 Å². The zero-order valence-corrected chi connectivity index (χ0v) is 14.1. The summed E-state index contributed by atoms with van der Waals surface area (Å²) in [6.07, 6.45) is 0.530. The lowest BCUT2D eigenvalue weighted by Gasteiger charge is -2.06. The van der Waals surface area contributed by atoms with Crippen LogP contribution >= 0.6 is 0 Å². The van der Waals surface area contributed by atoms with E-state index in [9.17, 15) is 18.0 Å². The monoisotopic (exact) mass is 358 g/mol. The van der Waals surface area contributed by atoms with Gasteiger partial charge >= 0.3 is 11.7 Å². The molecule has 9 nitrogen and oxygen atoms in total. The van der Waals surface area contributed by atoms with Gasteiger partial charge in [0.2, 0.25) is 10.0 Å². The third-order valence-electron chi connectivity index (χ3n) is 3.28. The Kier molecular flexibility index (Phi) is 5.75. The summed E-state index contributed by atoms with van der Waals surface area (Å²) in [6, 6.07) is 3.99. The number of hydrogen-bond acceptors (Lipinski definition) is 7. The summed E-state index contributed by atoms with van der Waals surface area (Å²) in [6.45, 7) is 0.345. The highest BCUT2D eigenvalue weighted by molar-refractivity contribution is 7.89. The molecule has 0 atom stereocenters. The molecule has 24 heavy (non-hydrogen) atoms. The van der Waals surface area contributed by atoms with E-state index in [0.717, 1.165) is 4.57 Å². The van der Waals surface area contributed by atoms with Crippen molar-refractivity contribution in [2.24, 2.45) is 0 Å². The molecule has 0 radical (unpaired) electrons. The van der Waals surface area contributed by atoms with Crippen molar-refractivity contribution in [2.45, 2.75) is 17.9 Å². The Morgan fingerprint density at radius 2 is 2.08 bits per heavy atom. The number of esters is 1. The lowest BCUT2D eigenvalue weighted by atomic mass is 10.3. The van der Waals surface area contributed by atoms with Crippen molar-refractivity contribution in [3.63, 3.8) is 0 Å². The van der Waals surface area contributed by atoms with Gasteiger partial charge in [0, 0.05) is 26.3 Å². The maximum absolute atomic E-state index is 12.2. The zero-order chi connectivity index (χ0) is 17.7. The van der Waals surface area contributed by atoms with Crippen LogP contribution in [0.4, 0.5) is 0 Å². The van der Waals surface area contributed by atoms with E-state index in [4.69, 9.17) is 9.15 Å². The van der Waals surface area contributed by atoms with Gasteiger partial charge in [0.05, 0.1) is 17.5 Å². The minimum Gasteiger partial charge on any atom is -0.468 e. The first kappa shape index (κ1) is 18.2. The van der Waals surface area contributed by atoms with Gasteiger partial charge < -0.3 is 13.9 Å². The molecule has 0 spiro atoms. The fraction of sp³-hybridized carbons (Fsp3) is 0.429. The average molecular weight is 358 g/mol. The van der Waals surface area contributed by atoms with Crippen molar-refractivity contribution in [3.05, 3.63) is 28.7 Å². The molecule has 2 rings (SSSR count). The first-order chi connectivity index (χ1) is 11.4. The number of benzene rings is 1. The molecule has 0 aliphatic rings. The van der Waals surface area contributed by atoms with Gasteiger partial charge in [-0.15, -0.1) is 0 Å². The quantitative estimate of drug-likeness (QED) is 0.525. The smallest absolute Gasteiger partial charge is 0.420 e. The van der Waals surface area contributed by atoms with E-state index in [1.54, 1.807) is 0 Å². The van der Waals surface area contributed by atoms with Crippen molar-refractivity contribution in [3.8, 4) is 0 Å². The van der Waals surface area contributed by atoms with Gasteiger partial charge in [-0.25, -0.2) is 17.9 Å². The molecule has 1 aromatic heterocycles. The minimum absolute atomic E-state index is 0.0358. The van der Waals surface area contributed by atoms with Gasteiger partial charge in [-0.1, -0.05) is 0 Å². The van der Waals surface area contributed by atoms with Gasteiger partial charge in [0.25, 0.3) is 0 Å². The zero-order valence-electron chi connectivity index (χ0n) is 13.3. The van der Waals surface area contributed by atoms with Crippen molar-refractivity contribution in [1.82, 2.24) is 9.29 Å². The molecule has 2 aromatic rings. The van der Waals surface area contributed by atoms with Gasteiger partial charge in [0.15, 0.2) is 5.58 Å². The van der Waals surface area contributed by atoms with Crippen molar-refractivity contribution >= 4 is 27.1 Å². The highest BCUT2D eigenvalue weighted by atomic mass is 32.2. The molecule has 0 amide bonds. The number of nitrogens with zero attached hydrogens (tertiary/aromatic N) is 1. The molecule has 1 aromatic carbocycles. The van der Waals surface area contributed by atoms with Crippen molar-refractivity contribution in [2.75, 3.05) is 27.4 Å². The number of methoxy groups -OCH3 is 2. The van der Waals surface area contributed by atoms with Gasteiger partial charge in [0.1, 0.15) is 6.54 Å². The number of fused-ring (bicyclic) bond motifs is 1. The van der Waals surface area contributed by atoms with Crippen LogP contribution in [0.3, 0.4) is 0 Å². The molecule has 0 bridgehead atoms. The fourth-order valence-corrected chi connectivity index (χ4v) is 3.15. The second kappa shape index (κ2) is 7.60. The maximum atomic E-state index is 12.2. The Morgan fingerprint density at radius 3 is 2.75 bits per heavy atom. The van der Waals surface area contributed by atoms with Crippen LogP contribution in [0.1, 0.15) is 6.42 Å². The third-order valence-corrected chi connectivity index (χ3v) is 4.74. The largest absolute Gasteiger partial charge is 0.468 e. The second-order valence-electron chi connectivity index (χ2n) is 4.90. The summed E-state index contributed by atoms with van der Waals surface area (Å²) in [7, 11) is -0.997. The van der Waals surface area contributed by atoms with Crippen LogP contribution in [0.5, 0.6) is 0 Å².